The first-order valence-electron chi connectivity index (χ1n) is 17.7. The number of hydrogen-bond acceptors (Lipinski definition) is 3. The summed E-state index contributed by atoms with van der Waals surface area (Å²) in [4.78, 5) is 34.9. The minimum Gasteiger partial charge on any atom is -0.481 e. The summed E-state index contributed by atoms with van der Waals surface area (Å²) in [5.74, 6) is -4.79. The van der Waals surface area contributed by atoms with Crippen LogP contribution in [0.1, 0.15) is 156 Å². The lowest BCUT2D eigenvalue weighted by Crippen LogP contribution is -2.57. The van der Waals surface area contributed by atoms with Crippen LogP contribution in [-0.2, 0) is 14.4 Å². The van der Waals surface area contributed by atoms with Gasteiger partial charge in [0.2, 0.25) is 0 Å². The fourth-order valence-electron chi connectivity index (χ4n) is 6.23. The Morgan fingerprint density at radius 2 is 0.767 bits per heavy atom. The molecule has 0 spiro atoms. The number of carboxylic acid groups (broad SMARTS) is 3. The molecule has 0 aliphatic heterocycles. The van der Waals surface area contributed by atoms with Crippen LogP contribution in [0, 0.1) is 17.8 Å². The molecule has 0 fully saturated rings. The maximum absolute atomic E-state index is 11.6. The number of nitrogens with zero attached hydrogens (tertiary/aromatic N) is 1. The predicted octanol–water partition coefficient (Wildman–Crippen LogP) is 9.34. The Bertz CT molecular complexity index is 697. The van der Waals surface area contributed by atoms with Gasteiger partial charge in [-0.15, -0.1) is 0 Å². The third-order valence-electron chi connectivity index (χ3n) is 8.89. The van der Waals surface area contributed by atoms with Crippen molar-refractivity contribution in [1.29, 1.82) is 0 Å². The fraction of sp³-hybridized carbons (Fsp3) is 0.861. The van der Waals surface area contributed by atoms with Crippen molar-refractivity contribution in [3.8, 4) is 0 Å². The van der Waals surface area contributed by atoms with E-state index in [4.69, 9.17) is 0 Å². The molecule has 3 unspecified atom stereocenters. The van der Waals surface area contributed by atoms with Crippen molar-refractivity contribution >= 4 is 17.9 Å². The molecule has 7 heteroatoms. The minimum absolute atomic E-state index is 0.226. The number of aliphatic carboxylic acids is 3. The van der Waals surface area contributed by atoms with E-state index in [0.29, 0.717) is 6.54 Å². The van der Waals surface area contributed by atoms with Crippen LogP contribution in [-0.4, -0.2) is 63.9 Å². The maximum atomic E-state index is 11.6. The highest BCUT2D eigenvalue weighted by Crippen LogP contribution is 2.22. The van der Waals surface area contributed by atoms with Gasteiger partial charge in [-0.05, 0) is 59.3 Å². The van der Waals surface area contributed by atoms with Gasteiger partial charge in [0, 0.05) is 0 Å². The van der Waals surface area contributed by atoms with Crippen molar-refractivity contribution in [1.82, 2.24) is 0 Å². The van der Waals surface area contributed by atoms with Gasteiger partial charge < -0.3 is 19.8 Å². The molecular formula is C36H68NO6+. The third-order valence-corrected chi connectivity index (χ3v) is 8.89. The Labute approximate surface area is 264 Å². The van der Waals surface area contributed by atoms with Crippen molar-refractivity contribution in [2.45, 2.75) is 156 Å². The largest absolute Gasteiger partial charge is 0.481 e. The van der Waals surface area contributed by atoms with Crippen molar-refractivity contribution in [2.75, 3.05) is 26.2 Å². The molecule has 0 saturated carbocycles. The molecule has 0 aromatic heterocycles. The topological polar surface area (TPSA) is 112 Å². The molecule has 0 bridgehead atoms. The van der Waals surface area contributed by atoms with Gasteiger partial charge in [-0.25, -0.2) is 0 Å². The normalized spacial score (nSPS) is 15.3. The van der Waals surface area contributed by atoms with E-state index in [0.717, 1.165) is 19.3 Å². The molecular weight excluding hydrogens is 542 g/mol. The lowest BCUT2D eigenvalue weighted by Gasteiger charge is -2.42. The molecule has 7 nitrogen and oxygen atoms in total. The molecule has 0 heterocycles. The van der Waals surface area contributed by atoms with Crippen molar-refractivity contribution < 1.29 is 34.2 Å². The SMILES string of the molecule is CCCCCCC/C=C/CCCCCCCCCCCCCCC[N+](CC(C)C(=O)O)(CC(C)C(=O)O)CC(C)C(=O)O. The van der Waals surface area contributed by atoms with Crippen LogP contribution >= 0.6 is 0 Å². The van der Waals surface area contributed by atoms with Crippen LogP contribution in [0.5, 0.6) is 0 Å². The Hall–Kier alpha value is -1.89. The molecule has 252 valence electrons. The highest BCUT2D eigenvalue weighted by molar-refractivity contribution is 5.70. The molecule has 0 saturated heterocycles. The summed E-state index contributed by atoms with van der Waals surface area (Å²) in [5.41, 5.74) is 0. The average molecular weight is 611 g/mol. The summed E-state index contributed by atoms with van der Waals surface area (Å²) in [6.07, 6.45) is 30.0. The van der Waals surface area contributed by atoms with E-state index in [9.17, 15) is 29.7 Å². The number of carboxylic acids is 3. The summed E-state index contributed by atoms with van der Waals surface area (Å²) in [7, 11) is 0. The van der Waals surface area contributed by atoms with Gasteiger partial charge in [-0.1, -0.05) is 109 Å². The van der Waals surface area contributed by atoms with E-state index in [-0.39, 0.29) is 24.1 Å². The van der Waals surface area contributed by atoms with Crippen LogP contribution in [0.3, 0.4) is 0 Å². The van der Waals surface area contributed by atoms with Crippen molar-refractivity contribution in [3.63, 3.8) is 0 Å². The zero-order valence-corrected chi connectivity index (χ0v) is 28.4. The predicted molar refractivity (Wildman–Crippen MR) is 177 cm³/mol. The van der Waals surface area contributed by atoms with E-state index in [1.165, 1.54) is 109 Å². The first-order chi connectivity index (χ1) is 20.5. The second-order valence-electron chi connectivity index (χ2n) is 13.4. The molecule has 0 aliphatic rings. The van der Waals surface area contributed by atoms with Gasteiger partial charge in [-0.2, -0.15) is 0 Å². The van der Waals surface area contributed by atoms with E-state index in [1.807, 2.05) is 0 Å². The number of rotatable bonds is 31. The molecule has 0 rings (SSSR count). The van der Waals surface area contributed by atoms with E-state index < -0.39 is 35.7 Å². The molecule has 0 aromatic carbocycles. The highest BCUT2D eigenvalue weighted by atomic mass is 16.4. The van der Waals surface area contributed by atoms with Gasteiger partial charge in [0.25, 0.3) is 0 Å². The first kappa shape index (κ1) is 41.1. The van der Waals surface area contributed by atoms with Crippen molar-refractivity contribution in [3.05, 3.63) is 12.2 Å². The number of quaternary nitrogens is 1. The molecule has 3 N–H and O–H groups in total. The molecule has 3 atom stereocenters. The number of allylic oxidation sites excluding steroid dienone is 2. The summed E-state index contributed by atoms with van der Waals surface area (Å²) >= 11 is 0. The Morgan fingerprint density at radius 1 is 0.488 bits per heavy atom. The Kier molecular flexibility index (Phi) is 25.3. The zero-order chi connectivity index (χ0) is 32.3. The lowest BCUT2D eigenvalue weighted by atomic mass is 10.00. The zero-order valence-electron chi connectivity index (χ0n) is 28.4. The van der Waals surface area contributed by atoms with E-state index in [1.54, 1.807) is 20.8 Å². The van der Waals surface area contributed by atoms with Crippen LogP contribution in [0.15, 0.2) is 12.2 Å². The number of unbranched alkanes of at least 4 members (excludes halogenated alkanes) is 18. The number of carbonyl (C=O) groups is 3. The fourth-order valence-corrected chi connectivity index (χ4v) is 6.23. The molecule has 0 aliphatic carbocycles. The monoisotopic (exact) mass is 611 g/mol. The third kappa shape index (κ3) is 23.2. The molecule has 0 radical (unpaired) electrons. The van der Waals surface area contributed by atoms with E-state index in [2.05, 4.69) is 19.1 Å². The first-order valence-corrected chi connectivity index (χ1v) is 17.7. The molecule has 0 amide bonds. The van der Waals surface area contributed by atoms with Crippen LogP contribution < -0.4 is 0 Å². The van der Waals surface area contributed by atoms with Gasteiger partial charge >= 0.3 is 17.9 Å². The second kappa shape index (κ2) is 26.5. The lowest BCUT2D eigenvalue weighted by molar-refractivity contribution is -0.934. The average Bonchev–Trinajstić information content (AvgIpc) is 2.95. The van der Waals surface area contributed by atoms with Gasteiger partial charge in [0.05, 0.1) is 26.2 Å². The summed E-state index contributed by atoms with van der Waals surface area (Å²) in [6, 6.07) is 0. The number of hydrogen-bond donors (Lipinski definition) is 3. The van der Waals surface area contributed by atoms with Gasteiger partial charge in [0.15, 0.2) is 0 Å². The Balaban J connectivity index is 4.14. The Morgan fingerprint density at radius 3 is 1.07 bits per heavy atom. The van der Waals surface area contributed by atoms with Crippen LogP contribution in [0.4, 0.5) is 0 Å². The minimum atomic E-state index is -0.931. The quantitative estimate of drug-likeness (QED) is 0.0410. The molecule has 43 heavy (non-hydrogen) atoms. The second-order valence-corrected chi connectivity index (χ2v) is 13.4. The maximum Gasteiger partial charge on any atom is 0.311 e. The summed E-state index contributed by atoms with van der Waals surface area (Å²) in [5, 5.41) is 28.6. The van der Waals surface area contributed by atoms with Gasteiger partial charge in [0.1, 0.15) is 17.8 Å². The molecule has 0 aromatic rings. The summed E-state index contributed by atoms with van der Waals surface area (Å²) < 4.78 is 0.226. The van der Waals surface area contributed by atoms with Crippen LogP contribution in [0.25, 0.3) is 0 Å². The smallest absolute Gasteiger partial charge is 0.311 e. The van der Waals surface area contributed by atoms with E-state index >= 15 is 0 Å². The summed E-state index contributed by atoms with van der Waals surface area (Å²) in [6.45, 7) is 8.51. The van der Waals surface area contributed by atoms with Crippen molar-refractivity contribution in [2.24, 2.45) is 17.8 Å². The van der Waals surface area contributed by atoms with Gasteiger partial charge in [-0.3, -0.25) is 14.4 Å². The highest BCUT2D eigenvalue weighted by Gasteiger charge is 2.38. The standard InChI is InChI=1S/C36H67NO6/c1-5-6-7-8-9-10-11-12-13-14-15-16-17-18-19-20-21-22-23-24-25-26-27-37(28-31(2)34(38)39,29-32(3)35(40)41)30-33(4)36(42)43/h11-12,31-33H,5-10,13-30H2,1-4H3,(H2-,38,39,40,41,42,43)/p+1/b12-11+. The van der Waals surface area contributed by atoms with Crippen LogP contribution in [0.2, 0.25) is 0 Å².